The molecule has 0 aromatic carbocycles. The maximum Gasteiger partial charge on any atom is 0.334 e. The van der Waals surface area contributed by atoms with Crippen molar-refractivity contribution in [1.29, 1.82) is 0 Å². The van der Waals surface area contributed by atoms with Crippen LogP contribution < -0.4 is 0 Å². The molecule has 19 heavy (non-hydrogen) atoms. The number of esters is 1. The quantitative estimate of drug-likeness (QED) is 0.466. The van der Waals surface area contributed by atoms with Gasteiger partial charge >= 0.3 is 5.97 Å². The van der Waals surface area contributed by atoms with Crippen LogP contribution in [-0.2, 0) is 14.3 Å². The van der Waals surface area contributed by atoms with Crippen LogP contribution in [0.15, 0.2) is 37.0 Å². The summed E-state index contributed by atoms with van der Waals surface area (Å²) >= 11 is 0. The molecule has 3 rings (SSSR count). The van der Waals surface area contributed by atoms with Crippen molar-refractivity contribution in [2.45, 2.75) is 31.8 Å². The highest BCUT2D eigenvalue weighted by atomic mass is 16.6. The Kier molecular flexibility index (Phi) is 2.53. The van der Waals surface area contributed by atoms with Gasteiger partial charge in [0.25, 0.3) is 0 Å². The van der Waals surface area contributed by atoms with Crippen molar-refractivity contribution in [2.24, 2.45) is 17.3 Å². The third-order valence-corrected chi connectivity index (χ3v) is 4.80. The average molecular weight is 262 g/mol. The van der Waals surface area contributed by atoms with Gasteiger partial charge in [-0.05, 0) is 13.3 Å². The van der Waals surface area contributed by atoms with Crippen LogP contribution in [0, 0.1) is 17.3 Å². The lowest BCUT2D eigenvalue weighted by Gasteiger charge is -2.42. The molecule has 0 aromatic rings. The Morgan fingerprint density at radius 3 is 2.84 bits per heavy atom. The van der Waals surface area contributed by atoms with Crippen LogP contribution in [0.1, 0.15) is 13.3 Å². The van der Waals surface area contributed by atoms with Crippen LogP contribution in [-0.4, -0.2) is 29.6 Å². The van der Waals surface area contributed by atoms with Gasteiger partial charge in [-0.2, -0.15) is 0 Å². The molecule has 2 bridgehead atoms. The monoisotopic (exact) mass is 262 g/mol. The molecule has 0 amide bonds. The second-order valence-corrected chi connectivity index (χ2v) is 5.79. The van der Waals surface area contributed by atoms with Crippen molar-refractivity contribution in [3.05, 3.63) is 37.0 Å². The summed E-state index contributed by atoms with van der Waals surface area (Å²) in [7, 11) is 0. The van der Waals surface area contributed by atoms with Crippen molar-refractivity contribution < 1.29 is 19.4 Å². The molecule has 2 saturated heterocycles. The summed E-state index contributed by atoms with van der Waals surface area (Å²) in [5.74, 6) is -0.618. The van der Waals surface area contributed by atoms with Crippen LogP contribution >= 0.6 is 0 Å². The Hall–Kier alpha value is -1.39. The van der Waals surface area contributed by atoms with Crippen molar-refractivity contribution in [3.8, 4) is 0 Å². The molecule has 0 radical (unpaired) electrons. The zero-order valence-corrected chi connectivity index (χ0v) is 11.0. The van der Waals surface area contributed by atoms with Gasteiger partial charge < -0.3 is 14.6 Å². The summed E-state index contributed by atoms with van der Waals surface area (Å²) < 4.78 is 11.1. The molecule has 102 valence electrons. The molecule has 3 fully saturated rings. The van der Waals surface area contributed by atoms with Gasteiger partial charge in [0.1, 0.15) is 6.10 Å². The lowest BCUT2D eigenvalue weighted by molar-refractivity contribution is -0.142. The smallest absolute Gasteiger partial charge is 0.334 e. The summed E-state index contributed by atoms with van der Waals surface area (Å²) in [6.45, 7) is 13.6. The summed E-state index contributed by atoms with van der Waals surface area (Å²) in [6.07, 6.45) is 0.691. The first-order valence-electron chi connectivity index (χ1n) is 6.44. The van der Waals surface area contributed by atoms with Gasteiger partial charge in [-0.1, -0.05) is 24.8 Å². The SMILES string of the molecule is C=C[C@@]12C[C@H]3OC(=O)C(=C)[C@H]3[C@H](O[C@H]1O)[C@@H]2C(=C)C. The van der Waals surface area contributed by atoms with Gasteiger partial charge in [0, 0.05) is 11.5 Å². The van der Waals surface area contributed by atoms with Crippen molar-refractivity contribution in [2.75, 3.05) is 0 Å². The van der Waals surface area contributed by atoms with E-state index in [4.69, 9.17) is 9.47 Å². The van der Waals surface area contributed by atoms with Gasteiger partial charge in [-0.25, -0.2) is 4.79 Å². The Bertz CT molecular complexity index is 494. The highest BCUT2D eigenvalue weighted by molar-refractivity contribution is 5.91. The first kappa shape index (κ1) is 12.6. The van der Waals surface area contributed by atoms with Crippen LogP contribution in [0.25, 0.3) is 0 Å². The lowest BCUT2D eigenvalue weighted by Crippen LogP contribution is -2.47. The molecule has 4 nitrogen and oxygen atoms in total. The third kappa shape index (κ3) is 1.38. The summed E-state index contributed by atoms with van der Waals surface area (Å²) in [5, 5.41) is 10.3. The molecule has 2 heterocycles. The lowest BCUT2D eigenvalue weighted by atomic mass is 9.60. The number of aliphatic hydroxyl groups excluding tert-OH is 1. The van der Waals surface area contributed by atoms with Gasteiger partial charge in [0.05, 0.1) is 17.4 Å². The number of rotatable bonds is 2. The third-order valence-electron chi connectivity index (χ3n) is 4.80. The maximum atomic E-state index is 11.7. The van der Waals surface area contributed by atoms with E-state index in [2.05, 4.69) is 19.7 Å². The van der Waals surface area contributed by atoms with E-state index in [9.17, 15) is 9.90 Å². The number of ether oxygens (including phenoxy) is 2. The normalized spacial score (nSPS) is 47.8. The minimum Gasteiger partial charge on any atom is -0.458 e. The first-order valence-corrected chi connectivity index (χ1v) is 6.44. The molecule has 1 saturated carbocycles. The van der Waals surface area contributed by atoms with Gasteiger partial charge in [0.2, 0.25) is 0 Å². The van der Waals surface area contributed by atoms with Crippen molar-refractivity contribution in [1.82, 2.24) is 0 Å². The minimum absolute atomic E-state index is 0.0625. The Balaban J connectivity index is 2.09. The number of carbonyl (C=O) groups excluding carboxylic acids is 1. The summed E-state index contributed by atoms with van der Waals surface area (Å²) in [4.78, 5) is 11.7. The zero-order valence-electron chi connectivity index (χ0n) is 11.0. The van der Waals surface area contributed by atoms with Gasteiger partial charge in [-0.3, -0.25) is 0 Å². The van der Waals surface area contributed by atoms with Crippen LogP contribution in [0.2, 0.25) is 0 Å². The van der Waals surface area contributed by atoms with E-state index in [0.29, 0.717) is 12.0 Å². The second-order valence-electron chi connectivity index (χ2n) is 5.79. The molecule has 0 spiro atoms. The second kappa shape index (κ2) is 3.81. The summed E-state index contributed by atoms with van der Waals surface area (Å²) in [6, 6.07) is 0. The molecule has 6 atom stereocenters. The molecule has 0 unspecified atom stereocenters. The average Bonchev–Trinajstić information content (AvgIpc) is 2.74. The Labute approximate surface area is 112 Å². The molecule has 0 aromatic heterocycles. The van der Waals surface area contributed by atoms with Crippen molar-refractivity contribution in [3.63, 3.8) is 0 Å². The topological polar surface area (TPSA) is 55.8 Å². The Morgan fingerprint density at radius 1 is 1.58 bits per heavy atom. The van der Waals surface area contributed by atoms with E-state index in [-0.39, 0.29) is 30.0 Å². The number of hydrogen-bond donors (Lipinski definition) is 1. The van der Waals surface area contributed by atoms with Crippen LogP contribution in [0.4, 0.5) is 0 Å². The standard InChI is InChI=1S/C15H18O4/c1-5-15-6-9-10(8(4)13(16)18-9)12(19-14(15)17)11(15)7(2)3/h5,9-12,14,17H,1-2,4,6H2,3H3/t9-,10-,11+,12+,14-,15+/m1/s1. The predicted octanol–water partition coefficient (Wildman–Crippen LogP) is 1.57. The molecule has 1 N–H and O–H groups in total. The van der Waals surface area contributed by atoms with E-state index < -0.39 is 11.7 Å². The molecule has 2 aliphatic heterocycles. The fraction of sp³-hybridized carbons (Fsp3) is 0.533. The molecular weight excluding hydrogens is 244 g/mol. The fourth-order valence-electron chi connectivity index (χ4n) is 3.96. The maximum absolute atomic E-state index is 11.7. The highest BCUT2D eigenvalue weighted by Gasteiger charge is 2.65. The van der Waals surface area contributed by atoms with E-state index in [1.54, 1.807) is 6.08 Å². The predicted molar refractivity (Wildman–Crippen MR) is 68.9 cm³/mol. The number of carbonyl (C=O) groups is 1. The highest BCUT2D eigenvalue weighted by Crippen LogP contribution is 2.59. The molecule has 3 aliphatic rings. The van der Waals surface area contributed by atoms with Gasteiger partial charge in [-0.15, -0.1) is 6.58 Å². The summed E-state index contributed by atoms with van der Waals surface area (Å²) in [5.41, 5.74) is 0.739. The van der Waals surface area contributed by atoms with Crippen molar-refractivity contribution >= 4 is 5.97 Å². The fourth-order valence-corrected chi connectivity index (χ4v) is 3.96. The number of aliphatic hydroxyl groups is 1. The van der Waals surface area contributed by atoms with E-state index in [1.165, 1.54) is 0 Å². The zero-order chi connectivity index (χ0) is 13.9. The molecular formula is C15H18O4. The van der Waals surface area contributed by atoms with E-state index >= 15 is 0 Å². The van der Waals surface area contributed by atoms with E-state index in [1.807, 2.05) is 6.92 Å². The van der Waals surface area contributed by atoms with E-state index in [0.717, 1.165) is 5.57 Å². The largest absolute Gasteiger partial charge is 0.458 e. The minimum atomic E-state index is -0.936. The number of hydrogen-bond acceptors (Lipinski definition) is 4. The molecule has 4 heteroatoms. The molecule has 1 aliphatic carbocycles. The first-order chi connectivity index (χ1) is 8.92. The van der Waals surface area contributed by atoms with Gasteiger partial charge in [0.15, 0.2) is 6.29 Å². The van der Waals surface area contributed by atoms with Crippen LogP contribution in [0.3, 0.4) is 0 Å². The number of fused-ring (bicyclic) bond motifs is 4. The Morgan fingerprint density at radius 2 is 2.26 bits per heavy atom. The van der Waals surface area contributed by atoms with Crippen LogP contribution in [0.5, 0.6) is 0 Å².